The van der Waals surface area contributed by atoms with Crippen LogP contribution < -0.4 is 0 Å². The number of unbranched alkanes of at least 4 members (excludes halogenated alkanes) is 17. The Labute approximate surface area is 134 Å². The van der Waals surface area contributed by atoms with Crippen molar-refractivity contribution in [2.24, 2.45) is 0 Å². The predicted octanol–water partition coefficient (Wildman–Crippen LogP) is 8.00. The van der Waals surface area contributed by atoms with Crippen LogP contribution in [0.25, 0.3) is 0 Å². The van der Waals surface area contributed by atoms with Gasteiger partial charge in [-0.2, -0.15) is 0 Å². The lowest BCUT2D eigenvalue weighted by atomic mass is 10.0. The van der Waals surface area contributed by atoms with Crippen LogP contribution in [0, 0.1) is 0 Å². The van der Waals surface area contributed by atoms with Crippen molar-refractivity contribution in [2.75, 3.05) is 6.67 Å². The Balaban J connectivity index is 2.90. The molecule has 0 fully saturated rings. The first-order valence-corrected chi connectivity index (χ1v) is 9.97. The maximum absolute atomic E-state index is 11.9. The zero-order valence-corrected chi connectivity index (χ0v) is 14.8. The van der Waals surface area contributed by atoms with Gasteiger partial charge in [-0.25, -0.2) is 0 Å². The van der Waals surface area contributed by atoms with Crippen molar-refractivity contribution >= 4 is 0 Å². The van der Waals surface area contributed by atoms with Crippen LogP contribution in [0.3, 0.4) is 0 Å². The highest BCUT2D eigenvalue weighted by Gasteiger charge is 1.94. The van der Waals surface area contributed by atoms with Crippen molar-refractivity contribution in [1.29, 1.82) is 0 Å². The zero-order valence-electron chi connectivity index (χ0n) is 14.8. The van der Waals surface area contributed by atoms with Crippen LogP contribution in [-0.2, 0) is 0 Å². The lowest BCUT2D eigenvalue weighted by molar-refractivity contribution is 0.448. The van der Waals surface area contributed by atoms with Gasteiger partial charge in [0.2, 0.25) is 0 Å². The summed E-state index contributed by atoms with van der Waals surface area (Å²) in [6, 6.07) is 0. The third-order valence-electron chi connectivity index (χ3n) is 4.49. The van der Waals surface area contributed by atoms with Crippen LogP contribution in [0.15, 0.2) is 0 Å². The fourth-order valence-corrected chi connectivity index (χ4v) is 3.00. The molecule has 0 aliphatic heterocycles. The van der Waals surface area contributed by atoms with Gasteiger partial charge in [-0.3, -0.25) is 4.39 Å². The first kappa shape index (κ1) is 20.9. The molecular formula is C20H41F. The average molecular weight is 301 g/mol. The van der Waals surface area contributed by atoms with Crippen LogP contribution in [0.1, 0.15) is 122 Å². The molecule has 1 heteroatoms. The molecule has 0 heterocycles. The molecule has 21 heavy (non-hydrogen) atoms. The number of halogens is 1. The van der Waals surface area contributed by atoms with Gasteiger partial charge in [0.25, 0.3) is 0 Å². The van der Waals surface area contributed by atoms with Gasteiger partial charge in [0.15, 0.2) is 0 Å². The van der Waals surface area contributed by atoms with Crippen LogP contribution in [-0.4, -0.2) is 6.67 Å². The molecule has 0 aliphatic rings. The smallest absolute Gasteiger partial charge is 0.0894 e. The van der Waals surface area contributed by atoms with Gasteiger partial charge in [0, 0.05) is 0 Å². The second-order valence-electron chi connectivity index (χ2n) is 6.70. The highest BCUT2D eigenvalue weighted by molar-refractivity contribution is 4.50. The lowest BCUT2D eigenvalue weighted by Crippen LogP contribution is -1.84. The zero-order chi connectivity index (χ0) is 15.4. The minimum atomic E-state index is -0.126. The van der Waals surface area contributed by atoms with Gasteiger partial charge in [-0.15, -0.1) is 0 Å². The van der Waals surface area contributed by atoms with Crippen LogP contribution >= 0.6 is 0 Å². The molecule has 0 N–H and O–H groups in total. The Bertz CT molecular complexity index is 149. The standard InChI is InChI=1S/C20H41F/c1-2-3-4-5-6-7-8-9-10-11-12-13-14-15-16-17-18-19-20-21/h2-20H2,1H3. The minimum Gasteiger partial charge on any atom is -0.251 e. The predicted molar refractivity (Wildman–Crippen MR) is 94.8 cm³/mol. The van der Waals surface area contributed by atoms with Crippen LogP contribution in [0.4, 0.5) is 4.39 Å². The van der Waals surface area contributed by atoms with Gasteiger partial charge in [0.1, 0.15) is 0 Å². The normalized spacial score (nSPS) is 11.1. The van der Waals surface area contributed by atoms with Crippen molar-refractivity contribution in [2.45, 2.75) is 122 Å². The maximum Gasteiger partial charge on any atom is 0.0894 e. The third-order valence-corrected chi connectivity index (χ3v) is 4.49. The molecule has 0 aromatic heterocycles. The molecule has 0 bridgehead atoms. The minimum absolute atomic E-state index is 0.126. The molecule has 0 aromatic carbocycles. The molecule has 0 saturated carbocycles. The number of rotatable bonds is 18. The van der Waals surface area contributed by atoms with E-state index < -0.39 is 0 Å². The topological polar surface area (TPSA) is 0 Å². The second kappa shape index (κ2) is 19.9. The van der Waals surface area contributed by atoms with Crippen molar-refractivity contribution in [3.63, 3.8) is 0 Å². The van der Waals surface area contributed by atoms with Gasteiger partial charge in [-0.05, 0) is 6.42 Å². The van der Waals surface area contributed by atoms with Crippen molar-refractivity contribution in [3.05, 3.63) is 0 Å². The highest BCUT2D eigenvalue weighted by Crippen LogP contribution is 2.14. The van der Waals surface area contributed by atoms with E-state index >= 15 is 0 Å². The lowest BCUT2D eigenvalue weighted by Gasteiger charge is -2.03. The van der Waals surface area contributed by atoms with Crippen molar-refractivity contribution < 1.29 is 4.39 Å². The summed E-state index contributed by atoms with van der Waals surface area (Å²) >= 11 is 0. The largest absolute Gasteiger partial charge is 0.251 e. The van der Waals surface area contributed by atoms with E-state index in [4.69, 9.17) is 0 Å². The molecule has 128 valence electrons. The van der Waals surface area contributed by atoms with Gasteiger partial charge in [-0.1, -0.05) is 116 Å². The third kappa shape index (κ3) is 19.9. The summed E-state index contributed by atoms with van der Waals surface area (Å²) in [7, 11) is 0. The number of hydrogen-bond acceptors (Lipinski definition) is 0. The van der Waals surface area contributed by atoms with E-state index in [2.05, 4.69) is 6.92 Å². The van der Waals surface area contributed by atoms with E-state index in [1.807, 2.05) is 0 Å². The first-order chi connectivity index (χ1) is 10.4. The molecule has 0 spiro atoms. The Hall–Kier alpha value is -0.0700. The van der Waals surface area contributed by atoms with E-state index in [1.165, 1.54) is 103 Å². The fraction of sp³-hybridized carbons (Fsp3) is 1.00. The molecular weight excluding hydrogens is 259 g/mol. The van der Waals surface area contributed by atoms with Gasteiger partial charge in [0.05, 0.1) is 6.67 Å². The second-order valence-corrected chi connectivity index (χ2v) is 6.70. The quantitative estimate of drug-likeness (QED) is 0.225. The first-order valence-electron chi connectivity index (χ1n) is 9.97. The van der Waals surface area contributed by atoms with Crippen LogP contribution in [0.2, 0.25) is 0 Å². The van der Waals surface area contributed by atoms with Gasteiger partial charge < -0.3 is 0 Å². The van der Waals surface area contributed by atoms with E-state index in [-0.39, 0.29) is 6.67 Å². The Morgan fingerprint density at radius 3 is 0.857 bits per heavy atom. The molecule has 0 radical (unpaired) electrons. The van der Waals surface area contributed by atoms with Crippen LogP contribution in [0.5, 0.6) is 0 Å². The molecule has 0 unspecified atom stereocenters. The SMILES string of the molecule is CCCCCCCCCCCCCCCCCCCCF. The van der Waals surface area contributed by atoms with Crippen molar-refractivity contribution in [1.82, 2.24) is 0 Å². The maximum atomic E-state index is 11.9. The summed E-state index contributed by atoms with van der Waals surface area (Å²) < 4.78 is 11.9. The van der Waals surface area contributed by atoms with E-state index in [0.29, 0.717) is 0 Å². The summed E-state index contributed by atoms with van der Waals surface area (Å²) in [6.45, 7) is 2.16. The molecule has 0 amide bonds. The molecule has 0 aromatic rings. The highest BCUT2D eigenvalue weighted by atomic mass is 19.1. The Morgan fingerprint density at radius 1 is 0.381 bits per heavy atom. The summed E-state index contributed by atoms with van der Waals surface area (Å²) in [5, 5.41) is 0. The molecule has 0 rings (SSSR count). The average Bonchev–Trinajstić information content (AvgIpc) is 2.50. The number of alkyl halides is 1. The summed E-state index contributed by atoms with van der Waals surface area (Å²) in [5.41, 5.74) is 0. The molecule has 0 aliphatic carbocycles. The van der Waals surface area contributed by atoms with Crippen molar-refractivity contribution in [3.8, 4) is 0 Å². The molecule has 0 atom stereocenters. The number of hydrogen-bond donors (Lipinski definition) is 0. The summed E-state index contributed by atoms with van der Waals surface area (Å²) in [5.74, 6) is 0. The molecule has 0 saturated heterocycles. The Kier molecular flexibility index (Phi) is 19.9. The summed E-state index contributed by atoms with van der Waals surface area (Å²) in [4.78, 5) is 0. The monoisotopic (exact) mass is 300 g/mol. The van der Waals surface area contributed by atoms with E-state index in [0.717, 1.165) is 12.8 Å². The summed E-state index contributed by atoms with van der Waals surface area (Å²) in [6.07, 6.45) is 24.5. The fourth-order valence-electron chi connectivity index (χ4n) is 3.00. The van der Waals surface area contributed by atoms with E-state index in [1.54, 1.807) is 0 Å². The Morgan fingerprint density at radius 2 is 0.619 bits per heavy atom. The van der Waals surface area contributed by atoms with E-state index in [9.17, 15) is 4.39 Å². The molecule has 0 nitrogen and oxygen atoms in total. The van der Waals surface area contributed by atoms with Gasteiger partial charge >= 0.3 is 0 Å².